The Labute approximate surface area is 124 Å². The lowest BCUT2D eigenvalue weighted by Crippen LogP contribution is -2.50. The number of hydrogen-bond acceptors (Lipinski definition) is 3. The summed E-state index contributed by atoms with van der Waals surface area (Å²) in [5, 5.41) is 11.9. The number of carboxylic acid groups (broad SMARTS) is 1. The van der Waals surface area contributed by atoms with Gasteiger partial charge in [0, 0.05) is 0 Å². The zero-order chi connectivity index (χ0) is 15.5. The van der Waals surface area contributed by atoms with E-state index in [4.69, 9.17) is 10.8 Å². The standard InChI is InChI=1S/C16H22N2O3/c1-11-4-6-12(7-5-11)14(17)15(21)18-16(10-13(19)20)8-2-3-9-16/h4-7,14H,2-3,8-10,17H2,1H3,(H,18,21)(H,19,20). The van der Waals surface area contributed by atoms with Crippen LogP contribution in [0.2, 0.25) is 0 Å². The lowest BCUT2D eigenvalue weighted by molar-refractivity contribution is -0.139. The van der Waals surface area contributed by atoms with Crippen LogP contribution in [0.4, 0.5) is 0 Å². The first-order chi connectivity index (χ1) is 9.92. The van der Waals surface area contributed by atoms with Gasteiger partial charge in [0.05, 0.1) is 12.0 Å². The number of benzene rings is 1. The molecule has 1 aliphatic carbocycles. The molecular weight excluding hydrogens is 268 g/mol. The second-order valence-electron chi connectivity index (χ2n) is 5.94. The highest BCUT2D eigenvalue weighted by Gasteiger charge is 2.38. The molecule has 1 aromatic carbocycles. The second kappa shape index (κ2) is 6.26. The molecule has 0 saturated heterocycles. The van der Waals surface area contributed by atoms with Crippen LogP contribution in [0, 0.1) is 6.92 Å². The molecule has 1 fully saturated rings. The van der Waals surface area contributed by atoms with Crippen molar-refractivity contribution in [1.82, 2.24) is 5.32 Å². The van der Waals surface area contributed by atoms with Crippen molar-refractivity contribution in [3.8, 4) is 0 Å². The number of nitrogens with two attached hydrogens (primary N) is 1. The van der Waals surface area contributed by atoms with Crippen LogP contribution < -0.4 is 11.1 Å². The quantitative estimate of drug-likeness (QED) is 0.772. The molecule has 1 amide bonds. The van der Waals surface area contributed by atoms with Gasteiger partial charge in [0.2, 0.25) is 5.91 Å². The van der Waals surface area contributed by atoms with Crippen LogP contribution in [0.5, 0.6) is 0 Å². The van der Waals surface area contributed by atoms with Crippen LogP contribution in [0.15, 0.2) is 24.3 Å². The monoisotopic (exact) mass is 290 g/mol. The normalized spacial score (nSPS) is 18.2. The predicted octanol–water partition coefficient (Wildman–Crippen LogP) is 1.90. The molecule has 1 aliphatic rings. The zero-order valence-corrected chi connectivity index (χ0v) is 12.3. The van der Waals surface area contributed by atoms with Gasteiger partial charge in [-0.1, -0.05) is 42.7 Å². The van der Waals surface area contributed by atoms with Gasteiger partial charge in [-0.25, -0.2) is 0 Å². The minimum absolute atomic E-state index is 0.0423. The number of amides is 1. The summed E-state index contributed by atoms with van der Waals surface area (Å²) in [5.74, 6) is -1.19. The first-order valence-electron chi connectivity index (χ1n) is 7.28. The third-order valence-corrected chi connectivity index (χ3v) is 4.16. The van der Waals surface area contributed by atoms with E-state index in [1.54, 1.807) is 0 Å². The molecule has 5 heteroatoms. The number of carbonyl (C=O) groups is 2. The summed E-state index contributed by atoms with van der Waals surface area (Å²) in [6.07, 6.45) is 3.23. The van der Waals surface area contributed by atoms with E-state index in [0.717, 1.165) is 24.0 Å². The summed E-state index contributed by atoms with van der Waals surface area (Å²) in [4.78, 5) is 23.4. The van der Waals surface area contributed by atoms with Crippen molar-refractivity contribution in [3.05, 3.63) is 35.4 Å². The minimum atomic E-state index is -0.888. The van der Waals surface area contributed by atoms with E-state index in [1.165, 1.54) is 0 Å². The third kappa shape index (κ3) is 3.82. The van der Waals surface area contributed by atoms with E-state index in [-0.39, 0.29) is 12.3 Å². The minimum Gasteiger partial charge on any atom is -0.481 e. The summed E-state index contributed by atoms with van der Waals surface area (Å²) in [5.41, 5.74) is 7.20. The van der Waals surface area contributed by atoms with Crippen LogP contribution in [0.25, 0.3) is 0 Å². The summed E-state index contributed by atoms with van der Waals surface area (Å²) in [6, 6.07) is 6.71. The molecule has 1 atom stereocenters. The van der Waals surface area contributed by atoms with Gasteiger partial charge in [0.15, 0.2) is 0 Å². The van der Waals surface area contributed by atoms with Crippen LogP contribution in [-0.2, 0) is 9.59 Å². The maximum absolute atomic E-state index is 12.3. The number of carbonyl (C=O) groups excluding carboxylic acids is 1. The number of nitrogens with one attached hydrogen (secondary N) is 1. The molecule has 0 radical (unpaired) electrons. The highest BCUT2D eigenvalue weighted by atomic mass is 16.4. The van der Waals surface area contributed by atoms with Crippen molar-refractivity contribution in [2.75, 3.05) is 0 Å². The average Bonchev–Trinajstić information content (AvgIpc) is 2.86. The van der Waals surface area contributed by atoms with Crippen molar-refractivity contribution < 1.29 is 14.7 Å². The Morgan fingerprint density at radius 2 is 1.86 bits per heavy atom. The molecule has 0 aliphatic heterocycles. The fourth-order valence-electron chi connectivity index (χ4n) is 2.95. The number of aryl methyl sites for hydroxylation is 1. The number of hydrogen-bond donors (Lipinski definition) is 3. The van der Waals surface area contributed by atoms with E-state index < -0.39 is 17.6 Å². The van der Waals surface area contributed by atoms with Gasteiger partial charge in [0.1, 0.15) is 6.04 Å². The Hall–Kier alpha value is -1.88. The van der Waals surface area contributed by atoms with Crippen LogP contribution in [0.3, 0.4) is 0 Å². The fraction of sp³-hybridized carbons (Fsp3) is 0.500. The lowest BCUT2D eigenvalue weighted by Gasteiger charge is -2.30. The first kappa shape index (κ1) is 15.5. The number of rotatable bonds is 5. The average molecular weight is 290 g/mol. The highest BCUT2D eigenvalue weighted by molar-refractivity contribution is 5.84. The Morgan fingerprint density at radius 1 is 1.29 bits per heavy atom. The summed E-state index contributed by atoms with van der Waals surface area (Å²) >= 11 is 0. The predicted molar refractivity (Wildman–Crippen MR) is 79.7 cm³/mol. The molecule has 114 valence electrons. The van der Waals surface area contributed by atoms with Gasteiger partial charge in [-0.2, -0.15) is 0 Å². The number of aliphatic carboxylic acids is 1. The van der Waals surface area contributed by atoms with Crippen molar-refractivity contribution >= 4 is 11.9 Å². The van der Waals surface area contributed by atoms with Gasteiger partial charge >= 0.3 is 5.97 Å². The van der Waals surface area contributed by atoms with E-state index in [2.05, 4.69) is 5.32 Å². The highest BCUT2D eigenvalue weighted by Crippen LogP contribution is 2.33. The molecule has 5 nitrogen and oxygen atoms in total. The Balaban J connectivity index is 2.08. The van der Waals surface area contributed by atoms with Crippen molar-refractivity contribution in [2.45, 2.75) is 50.6 Å². The lowest BCUT2D eigenvalue weighted by atomic mass is 9.92. The molecule has 1 unspecified atom stereocenters. The molecular formula is C16H22N2O3. The van der Waals surface area contributed by atoms with Crippen LogP contribution in [-0.4, -0.2) is 22.5 Å². The van der Waals surface area contributed by atoms with E-state index >= 15 is 0 Å². The Morgan fingerprint density at radius 3 is 2.38 bits per heavy atom. The molecule has 0 heterocycles. The SMILES string of the molecule is Cc1ccc(C(N)C(=O)NC2(CC(=O)O)CCCC2)cc1. The maximum atomic E-state index is 12.3. The Bertz CT molecular complexity index is 519. The molecule has 2 rings (SSSR count). The van der Waals surface area contributed by atoms with E-state index in [9.17, 15) is 9.59 Å². The third-order valence-electron chi connectivity index (χ3n) is 4.16. The first-order valence-corrected chi connectivity index (χ1v) is 7.28. The largest absolute Gasteiger partial charge is 0.481 e. The van der Waals surface area contributed by atoms with E-state index in [0.29, 0.717) is 12.8 Å². The topological polar surface area (TPSA) is 92.4 Å². The molecule has 21 heavy (non-hydrogen) atoms. The van der Waals surface area contributed by atoms with Gasteiger partial charge in [-0.15, -0.1) is 0 Å². The summed E-state index contributed by atoms with van der Waals surface area (Å²) in [7, 11) is 0. The zero-order valence-electron chi connectivity index (χ0n) is 12.3. The van der Waals surface area contributed by atoms with Gasteiger partial charge in [0.25, 0.3) is 0 Å². The molecule has 4 N–H and O–H groups in total. The molecule has 1 aromatic rings. The molecule has 0 aromatic heterocycles. The summed E-state index contributed by atoms with van der Waals surface area (Å²) < 4.78 is 0. The van der Waals surface area contributed by atoms with Crippen LogP contribution >= 0.6 is 0 Å². The van der Waals surface area contributed by atoms with Gasteiger partial charge in [-0.3, -0.25) is 9.59 Å². The van der Waals surface area contributed by atoms with Gasteiger partial charge in [-0.05, 0) is 25.3 Å². The van der Waals surface area contributed by atoms with Crippen LogP contribution in [0.1, 0.15) is 49.3 Å². The Kier molecular flexibility index (Phi) is 4.63. The maximum Gasteiger partial charge on any atom is 0.305 e. The van der Waals surface area contributed by atoms with Crippen molar-refractivity contribution in [3.63, 3.8) is 0 Å². The van der Waals surface area contributed by atoms with Crippen molar-refractivity contribution in [2.24, 2.45) is 5.73 Å². The smallest absolute Gasteiger partial charge is 0.305 e. The molecule has 0 spiro atoms. The fourth-order valence-corrected chi connectivity index (χ4v) is 2.95. The molecule has 0 bridgehead atoms. The number of carboxylic acids is 1. The van der Waals surface area contributed by atoms with Gasteiger partial charge < -0.3 is 16.2 Å². The summed E-state index contributed by atoms with van der Waals surface area (Å²) in [6.45, 7) is 1.97. The molecule has 1 saturated carbocycles. The second-order valence-corrected chi connectivity index (χ2v) is 5.94. The van der Waals surface area contributed by atoms with E-state index in [1.807, 2.05) is 31.2 Å². The van der Waals surface area contributed by atoms with Crippen molar-refractivity contribution in [1.29, 1.82) is 0 Å².